The molecule has 15 heavy (non-hydrogen) atoms. The van der Waals surface area contributed by atoms with Gasteiger partial charge in [-0.1, -0.05) is 12.1 Å². The van der Waals surface area contributed by atoms with Gasteiger partial charge in [-0.25, -0.2) is 0 Å². The van der Waals surface area contributed by atoms with Gasteiger partial charge in [0.05, 0.1) is 11.0 Å². The molecule has 1 aromatic rings. The van der Waals surface area contributed by atoms with Crippen LogP contribution in [0.5, 0.6) is 5.75 Å². The van der Waals surface area contributed by atoms with E-state index in [9.17, 15) is 15.2 Å². The van der Waals surface area contributed by atoms with Gasteiger partial charge in [0.1, 0.15) is 6.10 Å². The van der Waals surface area contributed by atoms with E-state index in [0.29, 0.717) is 0 Å². The number of nitrogens with zero attached hydrogens (tertiary/aromatic N) is 1. The molecule has 0 fully saturated rings. The van der Waals surface area contributed by atoms with Crippen molar-refractivity contribution >= 4 is 5.69 Å². The minimum absolute atomic E-state index is 0.0926. The summed E-state index contributed by atoms with van der Waals surface area (Å²) in [6.07, 6.45) is -1.16. The lowest BCUT2D eigenvalue weighted by Gasteiger charge is -2.16. The van der Waals surface area contributed by atoms with Gasteiger partial charge in [-0.2, -0.15) is 0 Å². The first-order valence-electron chi connectivity index (χ1n) is 4.60. The van der Waals surface area contributed by atoms with Crippen molar-refractivity contribution in [3.05, 3.63) is 34.4 Å². The second-order valence-corrected chi connectivity index (χ2v) is 3.29. The molecule has 0 bridgehead atoms. The van der Waals surface area contributed by atoms with Crippen LogP contribution < -0.4 is 4.74 Å². The fourth-order valence-corrected chi connectivity index (χ4v) is 1.01. The molecule has 1 aromatic carbocycles. The summed E-state index contributed by atoms with van der Waals surface area (Å²) in [5.74, 6) is 0.177. The summed E-state index contributed by atoms with van der Waals surface area (Å²) in [7, 11) is 0. The van der Waals surface area contributed by atoms with E-state index in [0.717, 1.165) is 0 Å². The minimum atomic E-state index is -0.676. The molecule has 0 aromatic heterocycles. The molecule has 82 valence electrons. The summed E-state index contributed by atoms with van der Waals surface area (Å²) in [6.45, 7) is 3.22. The Kier molecular flexibility index (Phi) is 3.62. The number of hydrogen-bond acceptors (Lipinski definition) is 4. The molecule has 0 saturated heterocycles. The molecule has 0 aliphatic rings. The van der Waals surface area contributed by atoms with Crippen LogP contribution in [-0.2, 0) is 0 Å². The summed E-state index contributed by atoms with van der Waals surface area (Å²) in [4.78, 5) is 10.1. The van der Waals surface area contributed by atoms with Gasteiger partial charge >= 0.3 is 5.69 Å². The average Bonchev–Trinajstić information content (AvgIpc) is 2.18. The number of nitro groups is 1. The number of aliphatic hydroxyl groups is 1. The third-order valence-electron chi connectivity index (χ3n) is 2.05. The predicted molar refractivity (Wildman–Crippen MR) is 54.9 cm³/mol. The van der Waals surface area contributed by atoms with Gasteiger partial charge in [-0.05, 0) is 19.9 Å². The molecule has 2 unspecified atom stereocenters. The zero-order valence-corrected chi connectivity index (χ0v) is 8.58. The summed E-state index contributed by atoms with van der Waals surface area (Å²) in [5, 5.41) is 19.9. The van der Waals surface area contributed by atoms with Crippen LogP contribution in [0.25, 0.3) is 0 Å². The van der Waals surface area contributed by atoms with E-state index in [2.05, 4.69) is 0 Å². The van der Waals surface area contributed by atoms with E-state index in [1.165, 1.54) is 12.1 Å². The fourth-order valence-electron chi connectivity index (χ4n) is 1.01. The molecule has 5 heteroatoms. The number of ether oxygens (including phenoxy) is 1. The molecule has 2 atom stereocenters. The van der Waals surface area contributed by atoms with Crippen molar-refractivity contribution in [2.75, 3.05) is 0 Å². The summed E-state index contributed by atoms with van der Waals surface area (Å²) in [5.41, 5.74) is -0.0926. The lowest BCUT2D eigenvalue weighted by Crippen LogP contribution is -2.25. The first-order valence-corrected chi connectivity index (χ1v) is 4.60. The van der Waals surface area contributed by atoms with Crippen molar-refractivity contribution in [3.63, 3.8) is 0 Å². The Bertz CT molecular complexity index is 351. The second kappa shape index (κ2) is 4.75. The summed E-state index contributed by atoms with van der Waals surface area (Å²) < 4.78 is 5.28. The van der Waals surface area contributed by atoms with Crippen molar-refractivity contribution in [1.82, 2.24) is 0 Å². The molecule has 0 spiro atoms. The van der Waals surface area contributed by atoms with Crippen molar-refractivity contribution in [2.24, 2.45) is 0 Å². The van der Waals surface area contributed by atoms with Crippen molar-refractivity contribution in [2.45, 2.75) is 26.1 Å². The van der Waals surface area contributed by atoms with E-state index in [4.69, 9.17) is 4.74 Å². The first-order chi connectivity index (χ1) is 7.02. The van der Waals surface area contributed by atoms with E-state index in [1.807, 2.05) is 0 Å². The van der Waals surface area contributed by atoms with E-state index in [1.54, 1.807) is 26.0 Å². The average molecular weight is 211 g/mol. The fraction of sp³-hybridized carbons (Fsp3) is 0.400. The Balaban J connectivity index is 2.89. The van der Waals surface area contributed by atoms with Gasteiger partial charge in [0.25, 0.3) is 0 Å². The highest BCUT2D eigenvalue weighted by Gasteiger charge is 2.18. The molecule has 1 rings (SSSR count). The number of benzene rings is 1. The van der Waals surface area contributed by atoms with Crippen molar-refractivity contribution in [3.8, 4) is 5.75 Å². The Morgan fingerprint density at radius 3 is 2.53 bits per heavy atom. The maximum absolute atomic E-state index is 10.6. The molecule has 5 nitrogen and oxygen atoms in total. The molecule has 0 amide bonds. The van der Waals surface area contributed by atoms with Crippen LogP contribution >= 0.6 is 0 Å². The van der Waals surface area contributed by atoms with E-state index in [-0.39, 0.29) is 11.4 Å². The molecule has 1 N–H and O–H groups in total. The maximum atomic E-state index is 10.6. The van der Waals surface area contributed by atoms with Crippen LogP contribution in [-0.4, -0.2) is 22.2 Å². The monoisotopic (exact) mass is 211 g/mol. The summed E-state index contributed by atoms with van der Waals surface area (Å²) in [6, 6.07) is 6.09. The third kappa shape index (κ3) is 2.92. The standard InChI is InChI=1S/C10H13NO4/c1-7(12)8(2)15-10-6-4-3-5-9(10)11(13)14/h3-8,12H,1-2H3. The summed E-state index contributed by atoms with van der Waals surface area (Å²) >= 11 is 0. The van der Waals surface area contributed by atoms with Gasteiger partial charge in [0, 0.05) is 6.07 Å². The van der Waals surface area contributed by atoms with Gasteiger partial charge in [-0.15, -0.1) is 0 Å². The Morgan fingerprint density at radius 1 is 1.40 bits per heavy atom. The quantitative estimate of drug-likeness (QED) is 0.608. The van der Waals surface area contributed by atoms with Crippen LogP contribution in [0.1, 0.15) is 13.8 Å². The highest BCUT2D eigenvalue weighted by atomic mass is 16.6. The molecular weight excluding hydrogens is 198 g/mol. The molecule has 0 radical (unpaired) electrons. The molecule has 0 aliphatic heterocycles. The molecule has 0 aliphatic carbocycles. The maximum Gasteiger partial charge on any atom is 0.310 e. The highest BCUT2D eigenvalue weighted by Crippen LogP contribution is 2.27. The second-order valence-electron chi connectivity index (χ2n) is 3.29. The minimum Gasteiger partial charge on any atom is -0.481 e. The van der Waals surface area contributed by atoms with Gasteiger partial charge in [0.2, 0.25) is 0 Å². The van der Waals surface area contributed by atoms with Gasteiger partial charge in [0.15, 0.2) is 5.75 Å². The highest BCUT2D eigenvalue weighted by molar-refractivity contribution is 5.45. The number of para-hydroxylation sites is 2. The van der Waals surface area contributed by atoms with Crippen LogP contribution in [0, 0.1) is 10.1 Å². The zero-order chi connectivity index (χ0) is 11.4. The van der Waals surface area contributed by atoms with Crippen molar-refractivity contribution in [1.29, 1.82) is 0 Å². The zero-order valence-electron chi connectivity index (χ0n) is 8.58. The number of hydrogen-bond donors (Lipinski definition) is 1. The van der Waals surface area contributed by atoms with Gasteiger partial charge < -0.3 is 9.84 Å². The Labute approximate surface area is 87.5 Å². The van der Waals surface area contributed by atoms with E-state index >= 15 is 0 Å². The van der Waals surface area contributed by atoms with Crippen LogP contribution in [0.2, 0.25) is 0 Å². The topological polar surface area (TPSA) is 72.6 Å². The Hall–Kier alpha value is -1.62. The van der Waals surface area contributed by atoms with E-state index < -0.39 is 17.1 Å². The van der Waals surface area contributed by atoms with Crippen LogP contribution in [0.15, 0.2) is 24.3 Å². The number of aliphatic hydroxyl groups excluding tert-OH is 1. The third-order valence-corrected chi connectivity index (χ3v) is 2.05. The van der Waals surface area contributed by atoms with Crippen molar-refractivity contribution < 1.29 is 14.8 Å². The predicted octanol–water partition coefficient (Wildman–Crippen LogP) is 1.74. The number of rotatable bonds is 4. The lowest BCUT2D eigenvalue weighted by atomic mass is 10.2. The molecule has 0 saturated carbocycles. The SMILES string of the molecule is CC(O)C(C)Oc1ccccc1[N+](=O)[O-]. The largest absolute Gasteiger partial charge is 0.481 e. The number of nitro benzene ring substituents is 1. The normalized spacial score (nSPS) is 14.3. The lowest BCUT2D eigenvalue weighted by molar-refractivity contribution is -0.386. The van der Waals surface area contributed by atoms with Crippen LogP contribution in [0.4, 0.5) is 5.69 Å². The van der Waals surface area contributed by atoms with Crippen LogP contribution in [0.3, 0.4) is 0 Å². The van der Waals surface area contributed by atoms with Gasteiger partial charge in [-0.3, -0.25) is 10.1 Å². The first kappa shape index (κ1) is 11.5. The Morgan fingerprint density at radius 2 is 2.00 bits per heavy atom. The molecule has 0 heterocycles. The smallest absolute Gasteiger partial charge is 0.310 e. The molecular formula is C10H13NO4.